The van der Waals surface area contributed by atoms with Gasteiger partial charge in [0.15, 0.2) is 0 Å². The third-order valence-corrected chi connectivity index (χ3v) is 6.81. The molecule has 4 rings (SSSR count). The third kappa shape index (κ3) is 5.87. The number of carbonyl (C=O) groups is 3. The molecular weight excluding hydrogens is 511 g/mol. The standard InChI is InChI=1S/C28H28F3N5O3/c1-3-22(18-9-11-19(12-10-18)28(29,30)31)34-27(39)36-24(26(38)35(2)20-7-5-4-6-8-20)21(25(36)37)15-17-13-14-33-23(32)16-17/h4-14,16,21-22,24H,3,15H2,1-2H3,(H2,32,33)(H,34,39)/t21-,22?,24+/m1/s1. The summed E-state index contributed by atoms with van der Waals surface area (Å²) in [6.45, 7) is 1.75. The van der Waals surface area contributed by atoms with E-state index in [-0.39, 0.29) is 12.2 Å². The van der Waals surface area contributed by atoms with Gasteiger partial charge in [0.1, 0.15) is 11.9 Å². The highest BCUT2D eigenvalue weighted by Crippen LogP contribution is 2.34. The molecule has 0 radical (unpaired) electrons. The first-order valence-electron chi connectivity index (χ1n) is 12.3. The van der Waals surface area contributed by atoms with Crippen LogP contribution in [0.4, 0.5) is 29.5 Å². The number of nitrogens with one attached hydrogen (secondary N) is 1. The number of alkyl halides is 3. The number of benzene rings is 2. The van der Waals surface area contributed by atoms with Crippen molar-refractivity contribution in [3.8, 4) is 0 Å². The molecule has 0 aliphatic carbocycles. The van der Waals surface area contributed by atoms with Gasteiger partial charge in [0.25, 0.3) is 5.91 Å². The lowest BCUT2D eigenvalue weighted by Gasteiger charge is -2.46. The van der Waals surface area contributed by atoms with E-state index in [2.05, 4.69) is 10.3 Å². The van der Waals surface area contributed by atoms with Crippen LogP contribution < -0.4 is 16.0 Å². The van der Waals surface area contributed by atoms with Crippen LogP contribution in [0.25, 0.3) is 0 Å². The molecule has 0 spiro atoms. The average molecular weight is 540 g/mol. The zero-order chi connectivity index (χ0) is 28.3. The zero-order valence-electron chi connectivity index (χ0n) is 21.4. The van der Waals surface area contributed by atoms with Gasteiger partial charge in [-0.25, -0.2) is 9.78 Å². The average Bonchev–Trinajstić information content (AvgIpc) is 2.92. The van der Waals surface area contributed by atoms with E-state index in [1.807, 2.05) is 0 Å². The SMILES string of the molecule is CCC(NC(=O)N1C(=O)[C@H](Cc2ccnc(N)c2)[C@H]1C(=O)N(C)c1ccccc1)c1ccc(C(F)(F)F)cc1. The number of hydrogen-bond acceptors (Lipinski definition) is 5. The fourth-order valence-electron chi connectivity index (χ4n) is 4.65. The highest BCUT2D eigenvalue weighted by Gasteiger charge is 2.55. The second-order valence-corrected chi connectivity index (χ2v) is 9.32. The number of amides is 4. The van der Waals surface area contributed by atoms with Gasteiger partial charge in [-0.3, -0.25) is 14.5 Å². The quantitative estimate of drug-likeness (QED) is 0.428. The molecule has 204 valence electrons. The van der Waals surface area contributed by atoms with Crippen LogP contribution in [0.5, 0.6) is 0 Å². The molecule has 39 heavy (non-hydrogen) atoms. The number of pyridine rings is 1. The zero-order valence-corrected chi connectivity index (χ0v) is 21.4. The normalized spacial score (nSPS) is 17.8. The largest absolute Gasteiger partial charge is 0.416 e. The number of hydrogen-bond donors (Lipinski definition) is 2. The van der Waals surface area contributed by atoms with Gasteiger partial charge in [0.2, 0.25) is 5.91 Å². The summed E-state index contributed by atoms with van der Waals surface area (Å²) in [5, 5.41) is 2.71. The molecule has 1 aliphatic rings. The van der Waals surface area contributed by atoms with Crippen LogP contribution in [-0.4, -0.2) is 40.8 Å². The number of β-lactam (4-membered cyclic amide) rings is 1. The molecule has 2 aromatic carbocycles. The van der Waals surface area contributed by atoms with E-state index in [1.165, 1.54) is 23.2 Å². The lowest BCUT2D eigenvalue weighted by atomic mass is 9.81. The Bertz CT molecular complexity index is 1350. The lowest BCUT2D eigenvalue weighted by Crippen LogP contribution is -2.70. The van der Waals surface area contributed by atoms with Crippen LogP contribution in [0.2, 0.25) is 0 Å². The van der Waals surface area contributed by atoms with Gasteiger partial charge in [-0.2, -0.15) is 13.2 Å². The summed E-state index contributed by atoms with van der Waals surface area (Å²) in [7, 11) is 1.56. The van der Waals surface area contributed by atoms with Crippen molar-refractivity contribution in [2.75, 3.05) is 17.7 Å². The number of likely N-dealkylation sites (N-methyl/N-ethyl adjacent to an activating group) is 1. The third-order valence-electron chi connectivity index (χ3n) is 6.81. The van der Waals surface area contributed by atoms with Crippen molar-refractivity contribution >= 4 is 29.4 Å². The molecule has 0 bridgehead atoms. The van der Waals surface area contributed by atoms with Crippen molar-refractivity contribution in [1.29, 1.82) is 0 Å². The second kappa shape index (κ2) is 11.1. The van der Waals surface area contributed by atoms with Gasteiger partial charge >= 0.3 is 12.2 Å². The number of anilines is 2. The number of urea groups is 1. The Morgan fingerprint density at radius 3 is 2.36 bits per heavy atom. The van der Waals surface area contributed by atoms with Gasteiger partial charge in [0.05, 0.1) is 17.5 Å². The first kappa shape index (κ1) is 27.6. The number of nitrogen functional groups attached to an aromatic ring is 1. The Morgan fingerprint density at radius 2 is 1.77 bits per heavy atom. The van der Waals surface area contributed by atoms with Crippen molar-refractivity contribution < 1.29 is 27.6 Å². The first-order valence-corrected chi connectivity index (χ1v) is 12.3. The molecule has 8 nitrogen and oxygen atoms in total. The maximum Gasteiger partial charge on any atom is 0.416 e. The molecule has 4 amide bonds. The number of para-hydroxylation sites is 1. The summed E-state index contributed by atoms with van der Waals surface area (Å²) in [5.74, 6) is -1.54. The monoisotopic (exact) mass is 539 g/mol. The molecule has 1 aromatic heterocycles. The summed E-state index contributed by atoms with van der Waals surface area (Å²) >= 11 is 0. The van der Waals surface area contributed by atoms with Gasteiger partial charge in [-0.15, -0.1) is 0 Å². The molecule has 0 saturated carbocycles. The smallest absolute Gasteiger partial charge is 0.384 e. The predicted molar refractivity (Wildman–Crippen MR) is 139 cm³/mol. The maximum atomic E-state index is 13.6. The van der Waals surface area contributed by atoms with E-state index in [0.717, 1.165) is 17.0 Å². The summed E-state index contributed by atoms with van der Waals surface area (Å²) in [4.78, 5) is 46.4. The fourth-order valence-corrected chi connectivity index (χ4v) is 4.65. The minimum Gasteiger partial charge on any atom is -0.384 e. The van der Waals surface area contributed by atoms with E-state index in [4.69, 9.17) is 5.73 Å². The summed E-state index contributed by atoms with van der Waals surface area (Å²) in [6, 6.07) is 14.0. The van der Waals surface area contributed by atoms with Crippen molar-refractivity contribution in [3.05, 3.63) is 89.6 Å². The second-order valence-electron chi connectivity index (χ2n) is 9.32. The van der Waals surface area contributed by atoms with Gasteiger partial charge < -0.3 is 16.0 Å². The number of carbonyl (C=O) groups excluding carboxylic acids is 3. The van der Waals surface area contributed by atoms with Crippen molar-refractivity contribution in [3.63, 3.8) is 0 Å². The minimum atomic E-state index is -4.49. The molecule has 3 atom stereocenters. The molecule has 1 saturated heterocycles. The molecule has 2 heterocycles. The Labute approximate surface area is 223 Å². The van der Waals surface area contributed by atoms with Crippen LogP contribution in [0.15, 0.2) is 72.9 Å². The van der Waals surface area contributed by atoms with E-state index < -0.39 is 47.6 Å². The van der Waals surface area contributed by atoms with Crippen LogP contribution >= 0.6 is 0 Å². The Morgan fingerprint density at radius 1 is 1.10 bits per heavy atom. The van der Waals surface area contributed by atoms with Crippen LogP contribution in [0.3, 0.4) is 0 Å². The molecular formula is C28H28F3N5O3. The summed E-state index contributed by atoms with van der Waals surface area (Å²) in [5.41, 5.74) is 6.69. The minimum absolute atomic E-state index is 0.171. The molecule has 1 unspecified atom stereocenters. The van der Waals surface area contributed by atoms with Gasteiger partial charge in [-0.1, -0.05) is 37.3 Å². The maximum absolute atomic E-state index is 13.6. The number of halogens is 3. The molecule has 11 heteroatoms. The first-order chi connectivity index (χ1) is 18.5. The number of likely N-dealkylation sites (tertiary alicyclic amines) is 1. The van der Waals surface area contributed by atoms with E-state index in [1.54, 1.807) is 56.4 Å². The van der Waals surface area contributed by atoms with Crippen molar-refractivity contribution in [2.24, 2.45) is 5.92 Å². The highest BCUT2D eigenvalue weighted by atomic mass is 19.4. The topological polar surface area (TPSA) is 109 Å². The Hall–Kier alpha value is -4.41. The highest BCUT2D eigenvalue weighted by molar-refractivity contribution is 6.12. The van der Waals surface area contributed by atoms with Crippen molar-refractivity contribution in [2.45, 2.75) is 38.0 Å². The molecule has 1 aliphatic heterocycles. The van der Waals surface area contributed by atoms with Crippen LogP contribution in [0, 0.1) is 5.92 Å². The van der Waals surface area contributed by atoms with Crippen molar-refractivity contribution in [1.82, 2.24) is 15.2 Å². The fraction of sp³-hybridized carbons (Fsp3) is 0.286. The summed E-state index contributed by atoms with van der Waals surface area (Å²) in [6.07, 6.45) is -2.46. The summed E-state index contributed by atoms with van der Waals surface area (Å²) < 4.78 is 38.9. The number of rotatable bonds is 7. The number of imide groups is 1. The van der Waals surface area contributed by atoms with Crippen LogP contribution in [-0.2, 0) is 22.2 Å². The molecule has 1 fully saturated rings. The van der Waals surface area contributed by atoms with Gasteiger partial charge in [-0.05, 0) is 60.4 Å². The van der Waals surface area contributed by atoms with E-state index in [9.17, 15) is 27.6 Å². The van der Waals surface area contributed by atoms with E-state index >= 15 is 0 Å². The van der Waals surface area contributed by atoms with E-state index in [0.29, 0.717) is 23.2 Å². The molecule has 3 aromatic rings. The Kier molecular flexibility index (Phi) is 7.89. The predicted octanol–water partition coefficient (Wildman–Crippen LogP) is 4.58. The number of nitrogens with zero attached hydrogens (tertiary/aromatic N) is 3. The van der Waals surface area contributed by atoms with Gasteiger partial charge in [0, 0.05) is 18.9 Å². The molecule has 3 N–H and O–H groups in total. The lowest BCUT2D eigenvalue weighted by molar-refractivity contribution is -0.156. The number of nitrogens with two attached hydrogens (primary N) is 1. The number of aromatic nitrogens is 1. The van der Waals surface area contributed by atoms with Crippen LogP contribution in [0.1, 0.15) is 36.1 Å². The Balaban J connectivity index is 1.58.